The molecule has 1 aromatic rings. The summed E-state index contributed by atoms with van der Waals surface area (Å²) in [7, 11) is 0. The molecule has 0 unspecified atom stereocenters. The van der Waals surface area contributed by atoms with Crippen molar-refractivity contribution in [3.8, 4) is 0 Å². The van der Waals surface area contributed by atoms with Gasteiger partial charge in [-0.2, -0.15) is 0 Å². The normalized spacial score (nSPS) is 36.6. The second-order valence-electron chi connectivity index (χ2n) is 4.81. The van der Waals surface area contributed by atoms with Gasteiger partial charge >= 0.3 is 0 Å². The molecule has 1 fully saturated rings. The number of aliphatic hydroxyl groups is 2. The zero-order valence-corrected chi connectivity index (χ0v) is 10.1. The minimum Gasteiger partial charge on any atom is -0.389 e. The lowest BCUT2D eigenvalue weighted by atomic mass is 9.85. The first-order valence-corrected chi connectivity index (χ1v) is 6.12. The van der Waals surface area contributed by atoms with E-state index in [1.807, 2.05) is 30.3 Å². The molecule has 6 N–H and O–H groups in total. The van der Waals surface area contributed by atoms with Crippen molar-refractivity contribution in [1.82, 2.24) is 0 Å². The van der Waals surface area contributed by atoms with E-state index in [1.54, 1.807) is 0 Å². The molecule has 5 heteroatoms. The number of aliphatic hydroxyl groups excluding tert-OH is 2. The molecule has 5 atom stereocenters. The van der Waals surface area contributed by atoms with Crippen molar-refractivity contribution < 1.29 is 14.9 Å². The largest absolute Gasteiger partial charge is 0.389 e. The second-order valence-corrected chi connectivity index (χ2v) is 4.81. The number of rotatable bonds is 3. The van der Waals surface area contributed by atoms with E-state index in [0.29, 0.717) is 13.0 Å². The summed E-state index contributed by atoms with van der Waals surface area (Å²) < 4.78 is 5.62. The number of benzene rings is 1. The highest BCUT2D eigenvalue weighted by molar-refractivity contribution is 5.13. The van der Waals surface area contributed by atoms with Gasteiger partial charge in [-0.3, -0.25) is 0 Å². The fourth-order valence-corrected chi connectivity index (χ4v) is 2.28. The van der Waals surface area contributed by atoms with Gasteiger partial charge in [-0.25, -0.2) is 0 Å². The van der Waals surface area contributed by atoms with Crippen LogP contribution in [-0.4, -0.2) is 40.6 Å². The van der Waals surface area contributed by atoms with Crippen LogP contribution in [0.5, 0.6) is 0 Å². The minimum atomic E-state index is -1.03. The Morgan fingerprint density at radius 1 is 1.06 bits per heavy atom. The Morgan fingerprint density at radius 3 is 2.39 bits per heavy atom. The SMILES string of the molecule is N[C@@H]1C[C@H](N)[C@@H](OCc2ccccc2)[C@H](O)[C@H]1O. The Hall–Kier alpha value is -0.980. The van der Waals surface area contributed by atoms with Crippen LogP contribution in [0.15, 0.2) is 30.3 Å². The molecule has 100 valence electrons. The molecule has 0 saturated heterocycles. The zero-order chi connectivity index (χ0) is 13.1. The summed E-state index contributed by atoms with van der Waals surface area (Å²) in [4.78, 5) is 0. The molecule has 2 rings (SSSR count). The third-order valence-corrected chi connectivity index (χ3v) is 3.38. The van der Waals surface area contributed by atoms with Gasteiger partial charge in [-0.05, 0) is 12.0 Å². The average molecular weight is 252 g/mol. The van der Waals surface area contributed by atoms with Crippen molar-refractivity contribution in [1.29, 1.82) is 0 Å². The van der Waals surface area contributed by atoms with E-state index < -0.39 is 24.4 Å². The van der Waals surface area contributed by atoms with E-state index in [-0.39, 0.29) is 6.04 Å². The monoisotopic (exact) mass is 252 g/mol. The van der Waals surface area contributed by atoms with Gasteiger partial charge in [0.15, 0.2) is 0 Å². The molecule has 0 amide bonds. The molecule has 0 radical (unpaired) electrons. The van der Waals surface area contributed by atoms with Gasteiger partial charge in [-0.1, -0.05) is 30.3 Å². The van der Waals surface area contributed by atoms with Crippen LogP contribution < -0.4 is 11.5 Å². The zero-order valence-electron chi connectivity index (χ0n) is 10.1. The van der Waals surface area contributed by atoms with Crippen LogP contribution in [0, 0.1) is 0 Å². The second kappa shape index (κ2) is 5.77. The lowest BCUT2D eigenvalue weighted by Crippen LogP contribution is -2.61. The summed E-state index contributed by atoms with van der Waals surface area (Å²) in [6, 6.07) is 8.77. The maximum Gasteiger partial charge on any atom is 0.109 e. The third kappa shape index (κ3) is 2.88. The summed E-state index contributed by atoms with van der Waals surface area (Å²) in [5, 5.41) is 19.6. The molecular weight excluding hydrogens is 232 g/mol. The molecule has 5 nitrogen and oxygen atoms in total. The molecule has 0 aromatic heterocycles. The quantitative estimate of drug-likeness (QED) is 0.573. The van der Waals surface area contributed by atoms with Crippen LogP contribution in [0.2, 0.25) is 0 Å². The highest BCUT2D eigenvalue weighted by Crippen LogP contribution is 2.21. The number of nitrogens with two attached hydrogens (primary N) is 2. The van der Waals surface area contributed by atoms with E-state index in [0.717, 1.165) is 5.56 Å². The van der Waals surface area contributed by atoms with Crippen molar-refractivity contribution in [2.45, 2.75) is 43.4 Å². The average Bonchev–Trinajstić information content (AvgIpc) is 2.37. The maximum absolute atomic E-state index is 9.92. The maximum atomic E-state index is 9.92. The molecule has 0 aliphatic heterocycles. The standard InChI is InChI=1S/C13H20N2O3/c14-9-6-10(15)13(12(17)11(9)16)18-7-8-4-2-1-3-5-8/h1-5,9-13,16-17H,6-7,14-15H2/t9-,10+,11+,12-,13-/m1/s1. The van der Waals surface area contributed by atoms with Crippen molar-refractivity contribution in [2.75, 3.05) is 0 Å². The lowest BCUT2D eigenvalue weighted by molar-refractivity contribution is -0.131. The van der Waals surface area contributed by atoms with E-state index in [2.05, 4.69) is 0 Å². The molecule has 0 spiro atoms. The fraction of sp³-hybridized carbons (Fsp3) is 0.538. The molecule has 1 aliphatic carbocycles. The summed E-state index contributed by atoms with van der Waals surface area (Å²) >= 11 is 0. The van der Waals surface area contributed by atoms with E-state index in [4.69, 9.17) is 16.2 Å². The predicted octanol–water partition coefficient (Wildman–Crippen LogP) is -0.648. The fourth-order valence-electron chi connectivity index (χ4n) is 2.28. The van der Waals surface area contributed by atoms with Crippen molar-refractivity contribution in [2.24, 2.45) is 11.5 Å². The first-order chi connectivity index (χ1) is 8.59. The van der Waals surface area contributed by atoms with Crippen LogP contribution in [-0.2, 0) is 11.3 Å². The van der Waals surface area contributed by atoms with Gasteiger partial charge in [0.1, 0.15) is 12.2 Å². The topological polar surface area (TPSA) is 102 Å². The van der Waals surface area contributed by atoms with Gasteiger partial charge in [0.2, 0.25) is 0 Å². The van der Waals surface area contributed by atoms with Crippen molar-refractivity contribution >= 4 is 0 Å². The van der Waals surface area contributed by atoms with Gasteiger partial charge < -0.3 is 26.4 Å². The first-order valence-electron chi connectivity index (χ1n) is 6.12. The molecule has 1 aliphatic rings. The van der Waals surface area contributed by atoms with E-state index in [9.17, 15) is 10.2 Å². The summed E-state index contributed by atoms with van der Waals surface area (Å²) in [6.45, 7) is 0.359. The van der Waals surface area contributed by atoms with Crippen molar-refractivity contribution in [3.05, 3.63) is 35.9 Å². The van der Waals surface area contributed by atoms with Crippen LogP contribution in [0.3, 0.4) is 0 Å². The Bertz CT molecular complexity index is 374. The van der Waals surface area contributed by atoms with Gasteiger partial charge in [0.25, 0.3) is 0 Å². The van der Waals surface area contributed by atoms with Crippen LogP contribution >= 0.6 is 0 Å². The van der Waals surface area contributed by atoms with E-state index >= 15 is 0 Å². The van der Waals surface area contributed by atoms with Crippen LogP contribution in [0.25, 0.3) is 0 Å². The molecular formula is C13H20N2O3. The number of hydrogen-bond acceptors (Lipinski definition) is 5. The van der Waals surface area contributed by atoms with Gasteiger partial charge in [-0.15, -0.1) is 0 Å². The Morgan fingerprint density at radius 2 is 1.72 bits per heavy atom. The molecule has 1 aromatic carbocycles. The molecule has 0 heterocycles. The first kappa shape index (κ1) is 13.5. The molecule has 0 bridgehead atoms. The number of ether oxygens (including phenoxy) is 1. The molecule has 18 heavy (non-hydrogen) atoms. The Labute approximate surface area is 106 Å². The van der Waals surface area contributed by atoms with E-state index in [1.165, 1.54) is 0 Å². The number of hydrogen-bond donors (Lipinski definition) is 4. The molecule has 1 saturated carbocycles. The summed E-state index contributed by atoms with van der Waals surface area (Å²) in [6.07, 6.45) is -2.16. The third-order valence-electron chi connectivity index (χ3n) is 3.38. The van der Waals surface area contributed by atoms with Crippen molar-refractivity contribution in [3.63, 3.8) is 0 Å². The van der Waals surface area contributed by atoms with Crippen LogP contribution in [0.1, 0.15) is 12.0 Å². The summed E-state index contributed by atoms with van der Waals surface area (Å²) in [5.74, 6) is 0. The minimum absolute atomic E-state index is 0.359. The summed E-state index contributed by atoms with van der Waals surface area (Å²) in [5.41, 5.74) is 12.6. The highest BCUT2D eigenvalue weighted by atomic mass is 16.5. The Kier molecular flexibility index (Phi) is 4.31. The van der Waals surface area contributed by atoms with Gasteiger partial charge in [0, 0.05) is 12.1 Å². The van der Waals surface area contributed by atoms with Gasteiger partial charge in [0.05, 0.1) is 12.7 Å². The highest BCUT2D eigenvalue weighted by Gasteiger charge is 2.41. The smallest absolute Gasteiger partial charge is 0.109 e. The Balaban J connectivity index is 1.96. The van der Waals surface area contributed by atoms with Crippen LogP contribution in [0.4, 0.5) is 0 Å². The lowest BCUT2D eigenvalue weighted by Gasteiger charge is -2.39. The predicted molar refractivity (Wildman–Crippen MR) is 67.6 cm³/mol.